The Morgan fingerprint density at radius 3 is 3.28 bits per heavy atom. The van der Waals surface area contributed by atoms with E-state index in [1.165, 1.54) is 0 Å². The molecule has 1 N–H and O–H groups in total. The Morgan fingerprint density at radius 1 is 1.50 bits per heavy atom. The number of nitrogens with zero attached hydrogens (tertiary/aromatic N) is 3. The van der Waals surface area contributed by atoms with Gasteiger partial charge in [0.25, 0.3) is 0 Å². The van der Waals surface area contributed by atoms with Crippen LogP contribution in [0.4, 0.5) is 0 Å². The fourth-order valence-corrected chi connectivity index (χ4v) is 2.69. The van der Waals surface area contributed by atoms with Crippen LogP contribution >= 0.6 is 0 Å². The number of carbonyl (C=O) groups excluding carboxylic acids is 1. The van der Waals surface area contributed by atoms with Crippen LogP contribution in [0.25, 0.3) is 0 Å². The van der Waals surface area contributed by atoms with Gasteiger partial charge in [0.1, 0.15) is 0 Å². The molecule has 1 atom stereocenters. The first-order valence-electron chi connectivity index (χ1n) is 6.44. The number of carbonyl (C=O) groups is 1. The van der Waals surface area contributed by atoms with Gasteiger partial charge in [-0.15, -0.1) is 0 Å². The van der Waals surface area contributed by atoms with E-state index in [9.17, 15) is 4.79 Å². The van der Waals surface area contributed by atoms with Crippen molar-refractivity contribution in [1.82, 2.24) is 20.1 Å². The zero-order chi connectivity index (χ0) is 12.4. The number of rotatable bonds is 2. The number of hydrogen-bond donors (Lipinski definition) is 1. The van der Waals surface area contributed by atoms with E-state index < -0.39 is 0 Å². The summed E-state index contributed by atoms with van der Waals surface area (Å²) in [7, 11) is 0. The van der Waals surface area contributed by atoms with Crippen molar-refractivity contribution in [2.75, 3.05) is 32.7 Å². The summed E-state index contributed by atoms with van der Waals surface area (Å²) >= 11 is 0. The second-order valence-electron chi connectivity index (χ2n) is 4.96. The Morgan fingerprint density at radius 2 is 2.44 bits per heavy atom. The first-order chi connectivity index (χ1) is 8.83. The lowest BCUT2D eigenvalue weighted by Crippen LogP contribution is -2.62. The topological polar surface area (TPSA) is 48.5 Å². The fourth-order valence-electron chi connectivity index (χ4n) is 2.69. The maximum absolute atomic E-state index is 12.1. The van der Waals surface area contributed by atoms with Crippen LogP contribution in [0.15, 0.2) is 24.5 Å². The third-order valence-electron chi connectivity index (χ3n) is 3.69. The van der Waals surface area contributed by atoms with Crippen molar-refractivity contribution in [3.63, 3.8) is 0 Å². The monoisotopic (exact) mass is 246 g/mol. The van der Waals surface area contributed by atoms with Crippen LogP contribution in [0.1, 0.15) is 5.56 Å². The maximum Gasteiger partial charge on any atom is 0.237 e. The molecule has 5 heteroatoms. The second kappa shape index (κ2) is 5.04. The molecular formula is C13H18N4O. The highest BCUT2D eigenvalue weighted by Gasteiger charge is 2.33. The van der Waals surface area contributed by atoms with Crippen LogP contribution in [0.5, 0.6) is 0 Å². The summed E-state index contributed by atoms with van der Waals surface area (Å²) in [5.41, 5.74) is 1.10. The van der Waals surface area contributed by atoms with Crippen molar-refractivity contribution < 1.29 is 4.79 Å². The Hall–Kier alpha value is -1.46. The number of piperazine rings is 2. The van der Waals surface area contributed by atoms with Gasteiger partial charge >= 0.3 is 0 Å². The molecule has 0 saturated carbocycles. The van der Waals surface area contributed by atoms with Crippen molar-refractivity contribution in [2.45, 2.75) is 12.6 Å². The number of amides is 1. The maximum atomic E-state index is 12.1. The molecule has 1 amide bonds. The Labute approximate surface area is 107 Å². The lowest BCUT2D eigenvalue weighted by molar-refractivity contribution is -0.139. The summed E-state index contributed by atoms with van der Waals surface area (Å²) in [6.07, 6.45) is 3.59. The molecule has 2 aliphatic heterocycles. The van der Waals surface area contributed by atoms with Crippen molar-refractivity contribution in [1.29, 1.82) is 0 Å². The molecule has 2 fully saturated rings. The minimum Gasteiger partial charge on any atom is -0.336 e. The highest BCUT2D eigenvalue weighted by atomic mass is 16.2. The normalized spacial score (nSPS) is 25.0. The summed E-state index contributed by atoms with van der Waals surface area (Å²) < 4.78 is 0. The lowest BCUT2D eigenvalue weighted by Gasteiger charge is -2.43. The van der Waals surface area contributed by atoms with Gasteiger partial charge in [0.05, 0.1) is 6.54 Å². The molecule has 3 rings (SSSR count). The minimum atomic E-state index is 0.233. The van der Waals surface area contributed by atoms with E-state index in [0.29, 0.717) is 19.1 Å². The fraction of sp³-hybridized carbons (Fsp3) is 0.538. The molecule has 1 unspecified atom stereocenters. The predicted molar refractivity (Wildman–Crippen MR) is 67.9 cm³/mol. The molecule has 0 radical (unpaired) electrons. The summed E-state index contributed by atoms with van der Waals surface area (Å²) in [5.74, 6) is 0.233. The first kappa shape index (κ1) is 11.6. The van der Waals surface area contributed by atoms with Crippen molar-refractivity contribution in [3.8, 4) is 0 Å². The van der Waals surface area contributed by atoms with Crippen molar-refractivity contribution >= 4 is 5.91 Å². The van der Waals surface area contributed by atoms with Crippen LogP contribution in [0.2, 0.25) is 0 Å². The molecule has 3 heterocycles. The van der Waals surface area contributed by atoms with Gasteiger partial charge in [-0.05, 0) is 11.6 Å². The van der Waals surface area contributed by atoms with E-state index in [-0.39, 0.29) is 5.91 Å². The first-order valence-corrected chi connectivity index (χ1v) is 6.44. The highest BCUT2D eigenvalue weighted by Crippen LogP contribution is 2.15. The third kappa shape index (κ3) is 2.37. The third-order valence-corrected chi connectivity index (χ3v) is 3.69. The molecule has 2 aliphatic rings. The second-order valence-corrected chi connectivity index (χ2v) is 4.96. The van der Waals surface area contributed by atoms with Gasteiger partial charge in [-0.1, -0.05) is 6.07 Å². The number of hydrogen-bond acceptors (Lipinski definition) is 4. The van der Waals surface area contributed by atoms with Crippen LogP contribution in [0, 0.1) is 0 Å². The molecule has 0 aliphatic carbocycles. The van der Waals surface area contributed by atoms with E-state index in [4.69, 9.17) is 0 Å². The quantitative estimate of drug-likeness (QED) is 0.778. The zero-order valence-corrected chi connectivity index (χ0v) is 10.4. The molecule has 18 heavy (non-hydrogen) atoms. The zero-order valence-electron chi connectivity index (χ0n) is 10.4. The van der Waals surface area contributed by atoms with E-state index in [1.807, 2.05) is 23.2 Å². The molecule has 1 aromatic rings. The summed E-state index contributed by atoms with van der Waals surface area (Å²) in [6.45, 7) is 5.02. The minimum absolute atomic E-state index is 0.233. The summed E-state index contributed by atoms with van der Waals surface area (Å²) in [6, 6.07) is 4.40. The van der Waals surface area contributed by atoms with Crippen molar-refractivity contribution in [2.24, 2.45) is 0 Å². The van der Waals surface area contributed by atoms with Gasteiger partial charge in [0.15, 0.2) is 0 Å². The predicted octanol–water partition coefficient (Wildman–Crippen LogP) is -0.302. The number of fused-ring (bicyclic) bond motifs is 1. The lowest BCUT2D eigenvalue weighted by atomic mass is 10.1. The van der Waals surface area contributed by atoms with Crippen LogP contribution in [0.3, 0.4) is 0 Å². The standard InChI is InChI=1S/C13H18N4O/c18-13-10-16-5-4-15-7-12(16)9-17(13)8-11-2-1-3-14-6-11/h1-3,6,12,15H,4-5,7-10H2. The molecule has 0 bridgehead atoms. The average molecular weight is 246 g/mol. The molecule has 2 saturated heterocycles. The van der Waals surface area contributed by atoms with Gasteiger partial charge in [0, 0.05) is 51.2 Å². The van der Waals surface area contributed by atoms with Gasteiger partial charge in [-0.25, -0.2) is 0 Å². The Kier molecular flexibility index (Phi) is 3.25. The van der Waals surface area contributed by atoms with E-state index in [1.54, 1.807) is 6.20 Å². The molecule has 0 spiro atoms. The van der Waals surface area contributed by atoms with Crippen molar-refractivity contribution in [3.05, 3.63) is 30.1 Å². The summed E-state index contributed by atoms with van der Waals surface area (Å²) in [4.78, 5) is 20.4. The highest BCUT2D eigenvalue weighted by molar-refractivity contribution is 5.79. The van der Waals surface area contributed by atoms with E-state index in [2.05, 4.69) is 15.2 Å². The Bertz CT molecular complexity index is 422. The number of nitrogens with one attached hydrogen (secondary N) is 1. The molecular weight excluding hydrogens is 228 g/mol. The SMILES string of the molecule is O=C1CN2CCNCC2CN1Cc1cccnc1. The van der Waals surface area contributed by atoms with Gasteiger partial charge in [0.2, 0.25) is 5.91 Å². The molecule has 1 aromatic heterocycles. The van der Waals surface area contributed by atoms with Gasteiger partial charge < -0.3 is 10.2 Å². The number of aromatic nitrogens is 1. The smallest absolute Gasteiger partial charge is 0.237 e. The molecule has 0 aromatic carbocycles. The van der Waals surface area contributed by atoms with E-state index in [0.717, 1.165) is 31.7 Å². The largest absolute Gasteiger partial charge is 0.336 e. The van der Waals surface area contributed by atoms with E-state index >= 15 is 0 Å². The molecule has 5 nitrogen and oxygen atoms in total. The molecule has 96 valence electrons. The van der Waals surface area contributed by atoms with Gasteiger partial charge in [-0.2, -0.15) is 0 Å². The Balaban J connectivity index is 1.67. The van der Waals surface area contributed by atoms with Crippen LogP contribution in [-0.2, 0) is 11.3 Å². The average Bonchev–Trinajstić information content (AvgIpc) is 2.41. The van der Waals surface area contributed by atoms with Crippen LogP contribution < -0.4 is 5.32 Å². The summed E-state index contributed by atoms with van der Waals surface area (Å²) in [5, 5.41) is 3.39. The van der Waals surface area contributed by atoms with Crippen LogP contribution in [-0.4, -0.2) is 59.5 Å². The van der Waals surface area contributed by atoms with Gasteiger partial charge in [-0.3, -0.25) is 14.7 Å². The number of pyridine rings is 1.